The van der Waals surface area contributed by atoms with E-state index in [0.29, 0.717) is 11.3 Å². The van der Waals surface area contributed by atoms with Crippen molar-refractivity contribution in [2.24, 2.45) is 0 Å². The molecule has 0 bridgehead atoms. The summed E-state index contributed by atoms with van der Waals surface area (Å²) in [5.41, 5.74) is 1.05. The third kappa shape index (κ3) is 2.67. The fourth-order valence-electron chi connectivity index (χ4n) is 1.91. The Labute approximate surface area is 121 Å². The monoisotopic (exact) mass is 282 g/mol. The maximum Gasteiger partial charge on any atom is 0.359 e. The van der Waals surface area contributed by atoms with E-state index in [9.17, 15) is 10.1 Å². The Hall–Kier alpha value is -2.94. The smallest absolute Gasteiger partial charge is 0.359 e. The number of aromatic nitrogens is 2. The van der Waals surface area contributed by atoms with Gasteiger partial charge in [0.15, 0.2) is 11.2 Å². The number of ether oxygens (including phenoxy) is 1. The van der Waals surface area contributed by atoms with Crippen molar-refractivity contribution in [1.29, 1.82) is 10.7 Å². The highest BCUT2D eigenvalue weighted by molar-refractivity contribution is 5.89. The minimum absolute atomic E-state index is 0.0493. The summed E-state index contributed by atoms with van der Waals surface area (Å²) >= 11 is 0. The number of carbonyl (C=O) groups excluding carboxylic acids is 1. The van der Waals surface area contributed by atoms with Crippen molar-refractivity contribution in [3.63, 3.8) is 0 Å². The molecule has 0 unspecified atom stereocenters. The van der Waals surface area contributed by atoms with Crippen LogP contribution in [0, 0.1) is 23.7 Å². The summed E-state index contributed by atoms with van der Waals surface area (Å²) in [5.74, 6) is -0.601. The molecular weight excluding hydrogens is 268 g/mol. The number of esters is 1. The first-order chi connectivity index (χ1) is 10.1. The molecule has 1 N–H and O–H groups in total. The van der Waals surface area contributed by atoms with E-state index in [1.165, 1.54) is 4.68 Å². The first-order valence-electron chi connectivity index (χ1n) is 6.41. The van der Waals surface area contributed by atoms with Crippen LogP contribution in [0.15, 0.2) is 30.3 Å². The van der Waals surface area contributed by atoms with Crippen LogP contribution >= 0.6 is 0 Å². The van der Waals surface area contributed by atoms with Crippen LogP contribution in [0.5, 0.6) is 0 Å². The van der Waals surface area contributed by atoms with E-state index in [1.54, 1.807) is 38.1 Å². The highest BCUT2D eigenvalue weighted by Gasteiger charge is 2.19. The Balaban J connectivity index is 2.73. The third-order valence-electron chi connectivity index (χ3n) is 2.96. The van der Waals surface area contributed by atoms with Gasteiger partial charge in [-0.3, -0.25) is 5.41 Å². The molecule has 6 heteroatoms. The van der Waals surface area contributed by atoms with Gasteiger partial charge in [-0.15, -0.1) is 0 Å². The average molecular weight is 282 g/mol. The molecule has 0 spiro atoms. The standard InChI is InChI=1S/C15H14N4O2/c1-3-21-15(20)13-10(2)12(9-16)14(17)19(18-13)11-7-5-4-6-8-11/h4-8,17H,3H2,1-2H3. The second-order valence-corrected chi connectivity index (χ2v) is 4.28. The first-order valence-corrected chi connectivity index (χ1v) is 6.41. The zero-order valence-electron chi connectivity index (χ0n) is 11.8. The SMILES string of the molecule is CCOC(=O)c1nn(-c2ccccc2)c(=N)c(C#N)c1C. The summed E-state index contributed by atoms with van der Waals surface area (Å²) in [6, 6.07) is 10.9. The molecule has 0 amide bonds. The van der Waals surface area contributed by atoms with Crippen molar-refractivity contribution in [1.82, 2.24) is 9.78 Å². The van der Waals surface area contributed by atoms with Crippen molar-refractivity contribution in [3.8, 4) is 11.8 Å². The number of para-hydroxylation sites is 1. The van der Waals surface area contributed by atoms with E-state index in [4.69, 9.17) is 10.1 Å². The molecule has 0 fully saturated rings. The number of nitrogens with one attached hydrogen (secondary N) is 1. The van der Waals surface area contributed by atoms with E-state index in [2.05, 4.69) is 5.10 Å². The number of benzene rings is 1. The highest BCUT2D eigenvalue weighted by atomic mass is 16.5. The van der Waals surface area contributed by atoms with Crippen molar-refractivity contribution in [2.75, 3.05) is 6.61 Å². The Morgan fingerprint density at radius 3 is 2.67 bits per heavy atom. The fourth-order valence-corrected chi connectivity index (χ4v) is 1.91. The summed E-state index contributed by atoms with van der Waals surface area (Å²) in [4.78, 5) is 12.0. The molecule has 1 heterocycles. The Morgan fingerprint density at radius 1 is 1.43 bits per heavy atom. The largest absolute Gasteiger partial charge is 0.461 e. The van der Waals surface area contributed by atoms with Gasteiger partial charge >= 0.3 is 5.97 Å². The zero-order chi connectivity index (χ0) is 15.4. The molecule has 1 aromatic carbocycles. The molecule has 0 aliphatic rings. The van der Waals surface area contributed by atoms with E-state index in [-0.39, 0.29) is 23.4 Å². The van der Waals surface area contributed by atoms with E-state index >= 15 is 0 Å². The summed E-state index contributed by atoms with van der Waals surface area (Å²) in [5, 5.41) is 21.5. The van der Waals surface area contributed by atoms with Crippen LogP contribution in [-0.2, 0) is 4.74 Å². The van der Waals surface area contributed by atoms with Crippen molar-refractivity contribution in [2.45, 2.75) is 13.8 Å². The molecule has 1 aromatic heterocycles. The molecule has 106 valence electrons. The molecular formula is C15H14N4O2. The van der Waals surface area contributed by atoms with Gasteiger partial charge < -0.3 is 4.74 Å². The molecule has 0 aliphatic carbocycles. The van der Waals surface area contributed by atoms with Gasteiger partial charge in [0.25, 0.3) is 0 Å². The van der Waals surface area contributed by atoms with Gasteiger partial charge in [-0.25, -0.2) is 9.48 Å². The lowest BCUT2D eigenvalue weighted by Gasteiger charge is -2.12. The lowest BCUT2D eigenvalue weighted by Crippen LogP contribution is -2.28. The molecule has 0 radical (unpaired) electrons. The number of nitriles is 1. The van der Waals surface area contributed by atoms with Crippen LogP contribution in [0.3, 0.4) is 0 Å². The summed E-state index contributed by atoms with van der Waals surface area (Å²) in [6.07, 6.45) is 0. The van der Waals surface area contributed by atoms with E-state index in [0.717, 1.165) is 0 Å². The van der Waals surface area contributed by atoms with Crippen molar-refractivity contribution in [3.05, 3.63) is 52.6 Å². The quantitative estimate of drug-likeness (QED) is 0.867. The van der Waals surface area contributed by atoms with Gasteiger partial charge in [-0.05, 0) is 26.0 Å². The predicted octanol–water partition coefficient (Wildman–Crippen LogP) is 1.71. The minimum atomic E-state index is -0.601. The molecule has 0 saturated carbocycles. The van der Waals surface area contributed by atoms with E-state index in [1.807, 2.05) is 12.1 Å². The molecule has 0 saturated heterocycles. The van der Waals surface area contributed by atoms with Crippen LogP contribution < -0.4 is 5.49 Å². The number of rotatable bonds is 3. The number of nitrogens with zero attached hydrogens (tertiary/aromatic N) is 3. The van der Waals surface area contributed by atoms with Crippen LogP contribution in [0.4, 0.5) is 0 Å². The molecule has 0 atom stereocenters. The van der Waals surface area contributed by atoms with E-state index < -0.39 is 5.97 Å². The first kappa shape index (κ1) is 14.5. The Kier molecular flexibility index (Phi) is 4.14. The van der Waals surface area contributed by atoms with Gasteiger partial charge in [0, 0.05) is 5.56 Å². The molecule has 6 nitrogen and oxygen atoms in total. The maximum absolute atomic E-state index is 12.0. The lowest BCUT2D eigenvalue weighted by atomic mass is 10.1. The van der Waals surface area contributed by atoms with Gasteiger partial charge in [0.2, 0.25) is 0 Å². The van der Waals surface area contributed by atoms with Gasteiger partial charge in [-0.1, -0.05) is 18.2 Å². The van der Waals surface area contributed by atoms with Gasteiger partial charge in [0.1, 0.15) is 11.6 Å². The third-order valence-corrected chi connectivity index (χ3v) is 2.96. The van der Waals surface area contributed by atoms with Crippen LogP contribution in [0.1, 0.15) is 28.5 Å². The van der Waals surface area contributed by atoms with Crippen LogP contribution in [0.2, 0.25) is 0 Å². The van der Waals surface area contributed by atoms with Crippen molar-refractivity contribution < 1.29 is 9.53 Å². The predicted molar refractivity (Wildman–Crippen MR) is 74.8 cm³/mol. The van der Waals surface area contributed by atoms with Gasteiger partial charge in [-0.2, -0.15) is 10.4 Å². The molecule has 0 aliphatic heterocycles. The molecule has 2 rings (SSSR count). The normalized spacial score (nSPS) is 9.95. The summed E-state index contributed by atoms with van der Waals surface area (Å²) in [7, 11) is 0. The fraction of sp³-hybridized carbons (Fsp3) is 0.200. The molecule has 21 heavy (non-hydrogen) atoms. The molecule has 2 aromatic rings. The average Bonchev–Trinajstić information content (AvgIpc) is 2.49. The number of hydrogen-bond donors (Lipinski definition) is 1. The van der Waals surface area contributed by atoms with Crippen molar-refractivity contribution >= 4 is 5.97 Å². The lowest BCUT2D eigenvalue weighted by molar-refractivity contribution is 0.0516. The van der Waals surface area contributed by atoms with Gasteiger partial charge in [0.05, 0.1) is 12.3 Å². The number of hydrogen-bond acceptors (Lipinski definition) is 5. The van der Waals surface area contributed by atoms with Crippen LogP contribution in [0.25, 0.3) is 5.69 Å². The number of carbonyl (C=O) groups is 1. The topological polar surface area (TPSA) is 91.8 Å². The minimum Gasteiger partial charge on any atom is -0.461 e. The Bertz CT molecular complexity index is 773. The summed E-state index contributed by atoms with van der Waals surface area (Å²) < 4.78 is 6.22. The highest BCUT2D eigenvalue weighted by Crippen LogP contribution is 2.11. The Morgan fingerprint density at radius 2 is 2.10 bits per heavy atom. The van der Waals surface area contributed by atoms with Crippen LogP contribution in [-0.4, -0.2) is 22.4 Å². The second-order valence-electron chi connectivity index (χ2n) is 4.28. The second kappa shape index (κ2) is 6.01. The zero-order valence-corrected chi connectivity index (χ0v) is 11.8. The summed E-state index contributed by atoms with van der Waals surface area (Å²) in [6.45, 7) is 3.50. The maximum atomic E-state index is 12.0.